The van der Waals surface area contributed by atoms with E-state index in [-0.39, 0.29) is 0 Å². The third-order valence-corrected chi connectivity index (χ3v) is 13.1. The molecule has 0 radical (unpaired) electrons. The lowest BCUT2D eigenvalue weighted by Crippen LogP contribution is -2.05. The molecule has 298 valence electrons. The first-order valence-electron chi connectivity index (χ1n) is 22.1. The van der Waals surface area contributed by atoms with Crippen molar-refractivity contribution in [3.05, 3.63) is 252 Å². The van der Waals surface area contributed by atoms with Crippen molar-refractivity contribution < 1.29 is 0 Å². The van der Waals surface area contributed by atoms with Crippen molar-refractivity contribution in [1.82, 2.24) is 9.13 Å². The Morgan fingerprint density at radius 1 is 0.317 bits per heavy atom. The maximum absolute atomic E-state index is 2.51. The summed E-state index contributed by atoms with van der Waals surface area (Å²) in [6.07, 6.45) is 5.32. The van der Waals surface area contributed by atoms with Crippen LogP contribution in [0.4, 0.5) is 0 Å². The summed E-state index contributed by atoms with van der Waals surface area (Å²) < 4.78 is 4.93. The molecule has 63 heavy (non-hydrogen) atoms. The molecule has 12 rings (SSSR count). The third-order valence-electron chi connectivity index (χ3n) is 13.1. The van der Waals surface area contributed by atoms with Crippen LogP contribution in [0.25, 0.3) is 89.1 Å². The Morgan fingerprint density at radius 3 is 1.17 bits per heavy atom. The zero-order valence-electron chi connectivity index (χ0n) is 35.0. The van der Waals surface area contributed by atoms with Crippen molar-refractivity contribution in [2.24, 2.45) is 0 Å². The van der Waals surface area contributed by atoms with Crippen LogP contribution in [-0.2, 0) is 12.8 Å². The monoisotopic (exact) mass is 804 g/mol. The van der Waals surface area contributed by atoms with Gasteiger partial charge in [0.25, 0.3) is 0 Å². The Balaban J connectivity index is 0.876. The molecule has 0 saturated heterocycles. The Bertz CT molecular complexity index is 3370. The molecular weight excluding hydrogens is 761 g/mol. The van der Waals surface area contributed by atoms with Gasteiger partial charge in [-0.05, 0) is 142 Å². The maximum atomic E-state index is 2.51. The summed E-state index contributed by atoms with van der Waals surface area (Å²) in [5.74, 6) is 0. The predicted octanol–water partition coefficient (Wildman–Crippen LogP) is 15.8. The molecule has 0 spiro atoms. The lowest BCUT2D eigenvalue weighted by molar-refractivity contribution is 0.897. The van der Waals surface area contributed by atoms with Crippen LogP contribution in [0.3, 0.4) is 0 Å². The quantitative estimate of drug-likeness (QED) is 0.145. The molecule has 9 aromatic carbocycles. The number of benzene rings is 9. The van der Waals surface area contributed by atoms with Crippen LogP contribution in [0.2, 0.25) is 0 Å². The fraction of sp³-hybridized carbons (Fsp3) is 0.0492. The summed E-state index contributed by atoms with van der Waals surface area (Å²) in [6.45, 7) is 0. The van der Waals surface area contributed by atoms with Crippen LogP contribution in [0.1, 0.15) is 34.4 Å². The van der Waals surface area contributed by atoms with Gasteiger partial charge < -0.3 is 9.13 Å². The fourth-order valence-corrected chi connectivity index (χ4v) is 9.94. The number of rotatable bonds is 8. The zero-order chi connectivity index (χ0) is 41.7. The number of nitrogens with zero attached hydrogens (tertiary/aromatic N) is 2. The van der Waals surface area contributed by atoms with Gasteiger partial charge in [0.15, 0.2) is 0 Å². The molecule has 0 fully saturated rings. The van der Waals surface area contributed by atoms with Crippen molar-refractivity contribution in [2.45, 2.75) is 19.3 Å². The predicted molar refractivity (Wildman–Crippen MR) is 266 cm³/mol. The highest BCUT2D eigenvalue weighted by molar-refractivity contribution is 6.11. The van der Waals surface area contributed by atoms with Gasteiger partial charge in [0.1, 0.15) is 0 Å². The van der Waals surface area contributed by atoms with Crippen LogP contribution >= 0.6 is 0 Å². The van der Waals surface area contributed by atoms with E-state index < -0.39 is 0 Å². The number of aromatic nitrogens is 2. The van der Waals surface area contributed by atoms with Crippen LogP contribution in [-0.4, -0.2) is 9.13 Å². The second-order valence-electron chi connectivity index (χ2n) is 16.9. The van der Waals surface area contributed by atoms with Gasteiger partial charge in [0.05, 0.1) is 16.6 Å². The molecule has 0 saturated carbocycles. The minimum Gasteiger partial charge on any atom is -0.313 e. The molecule has 1 aliphatic carbocycles. The highest BCUT2D eigenvalue weighted by Gasteiger charge is 2.23. The summed E-state index contributed by atoms with van der Waals surface area (Å²) >= 11 is 0. The highest BCUT2D eigenvalue weighted by Crippen LogP contribution is 2.41. The second kappa shape index (κ2) is 15.5. The molecule has 2 aromatic heterocycles. The van der Waals surface area contributed by atoms with Gasteiger partial charge in [-0.25, -0.2) is 0 Å². The van der Waals surface area contributed by atoms with E-state index in [4.69, 9.17) is 0 Å². The van der Waals surface area contributed by atoms with E-state index in [0.717, 1.165) is 24.9 Å². The van der Waals surface area contributed by atoms with Gasteiger partial charge in [-0.3, -0.25) is 0 Å². The number of hydrogen-bond acceptors (Lipinski definition) is 0. The smallest absolute Gasteiger partial charge is 0.0541 e. The van der Waals surface area contributed by atoms with Gasteiger partial charge in [-0.15, -0.1) is 0 Å². The van der Waals surface area contributed by atoms with Crippen LogP contribution in [0.5, 0.6) is 0 Å². The molecular formula is C61H44N2. The average Bonchev–Trinajstić information content (AvgIpc) is 3.87. The number of fused-ring (bicyclic) bond motifs is 6. The topological polar surface area (TPSA) is 9.86 Å². The van der Waals surface area contributed by atoms with E-state index in [2.05, 4.69) is 240 Å². The lowest BCUT2D eigenvalue weighted by Gasteiger charge is -2.18. The van der Waals surface area contributed by atoms with E-state index >= 15 is 0 Å². The van der Waals surface area contributed by atoms with Crippen molar-refractivity contribution in [3.63, 3.8) is 0 Å². The van der Waals surface area contributed by atoms with E-state index in [0.29, 0.717) is 0 Å². The molecule has 0 bridgehead atoms. The molecule has 2 heteroatoms. The maximum Gasteiger partial charge on any atom is 0.0541 e. The van der Waals surface area contributed by atoms with E-state index in [1.807, 2.05) is 0 Å². The molecule has 1 aliphatic rings. The number of hydrogen-bond donors (Lipinski definition) is 0. The van der Waals surface area contributed by atoms with Crippen LogP contribution in [0.15, 0.2) is 224 Å². The molecule has 0 amide bonds. The lowest BCUT2D eigenvalue weighted by atomic mass is 9.91. The summed E-state index contributed by atoms with van der Waals surface area (Å²) in [7, 11) is 0. The van der Waals surface area contributed by atoms with E-state index in [1.54, 1.807) is 0 Å². The minimum absolute atomic E-state index is 0.864. The minimum atomic E-state index is 0.864. The average molecular weight is 805 g/mol. The Kier molecular flexibility index (Phi) is 9.08. The molecule has 11 aromatic rings. The zero-order valence-corrected chi connectivity index (χ0v) is 35.0. The Morgan fingerprint density at radius 2 is 0.714 bits per heavy atom. The summed E-state index contributed by atoms with van der Waals surface area (Å²) in [4.78, 5) is 0. The fourth-order valence-electron chi connectivity index (χ4n) is 9.94. The van der Waals surface area contributed by atoms with Gasteiger partial charge in [0, 0.05) is 38.8 Å². The van der Waals surface area contributed by atoms with Gasteiger partial charge in [0.2, 0.25) is 0 Å². The third kappa shape index (κ3) is 6.68. The van der Waals surface area contributed by atoms with Gasteiger partial charge in [-0.1, -0.05) is 164 Å². The molecule has 0 unspecified atom stereocenters. The second-order valence-corrected chi connectivity index (χ2v) is 16.9. The first-order valence-corrected chi connectivity index (χ1v) is 22.1. The first kappa shape index (κ1) is 36.9. The Hall–Kier alpha value is -7.94. The van der Waals surface area contributed by atoms with Crippen molar-refractivity contribution in [1.29, 1.82) is 0 Å². The molecule has 0 aliphatic heterocycles. The standard InChI is InChI=1S/C61H44N2/c1-5-13-44(14-6-1)48-25-33-58-54(38-48)55-39-49(45-15-7-2-8-16-45)26-34-59(55)62(58)52-29-21-42(22-30-52)37-43-23-31-53(32-24-43)63-60-35-27-50(46-17-9-3-10-18-46)40-56(60)57-41-51(28-36-61(57)63)47-19-11-4-12-20-47/h1-27,29-35,38-41H,28,36-37H2. The van der Waals surface area contributed by atoms with Crippen LogP contribution < -0.4 is 0 Å². The number of allylic oxidation sites excluding steroid dienone is 1. The van der Waals surface area contributed by atoms with Crippen molar-refractivity contribution in [2.75, 3.05) is 0 Å². The van der Waals surface area contributed by atoms with E-state index in [1.165, 1.54) is 105 Å². The SMILES string of the molecule is C1=C(c2ccccc2)CCc2c1c1cc(-c3ccccc3)ccc1n2-c1ccc(Cc2ccc(-n3c4ccc(-c5ccccc5)cc4c4cc(-c5ccccc5)ccc43)cc2)cc1. The molecule has 2 nitrogen and oxygen atoms in total. The molecule has 2 heterocycles. The Labute approximate surface area is 368 Å². The van der Waals surface area contributed by atoms with Crippen molar-refractivity contribution in [3.8, 4) is 44.8 Å². The first-order chi connectivity index (χ1) is 31.2. The highest BCUT2D eigenvalue weighted by atomic mass is 15.0. The van der Waals surface area contributed by atoms with E-state index in [9.17, 15) is 0 Å². The molecule has 0 N–H and O–H groups in total. The van der Waals surface area contributed by atoms with Crippen molar-refractivity contribution >= 4 is 44.4 Å². The summed E-state index contributed by atoms with van der Waals surface area (Å²) in [5.41, 5.74) is 21.5. The molecule has 0 atom stereocenters. The summed E-state index contributed by atoms with van der Waals surface area (Å²) in [6, 6.07) is 82.3. The van der Waals surface area contributed by atoms with Gasteiger partial charge in [-0.2, -0.15) is 0 Å². The van der Waals surface area contributed by atoms with Crippen LogP contribution in [0, 0.1) is 0 Å². The normalized spacial score (nSPS) is 12.5. The largest absolute Gasteiger partial charge is 0.313 e. The summed E-state index contributed by atoms with van der Waals surface area (Å²) in [5, 5.41) is 3.82. The van der Waals surface area contributed by atoms with Gasteiger partial charge >= 0.3 is 0 Å².